The molecule has 0 bridgehead atoms. The van der Waals surface area contributed by atoms with Crippen molar-refractivity contribution in [3.8, 4) is 11.5 Å². The standard InChI is InChI=1S/C36H26BrClF3N3O6/c1-43(33-25(38)11-12-28(42-33)36(39,40)41)44-34(48)21-10-9-19-22(30(21)35(44)49)14-23-31(27(46)15-24(37)32(23)47)29(19)20-8-7-18(13-26(20)45)50-16-17-5-3-2-4-6-17/h2-9,11-13,15,21-22,29-30,45H,10,14,16H2,1H3/t21-,22+,29+,30-/m0/s1. The highest BCUT2D eigenvalue weighted by Crippen LogP contribution is 2.56. The first-order chi connectivity index (χ1) is 23.8. The summed E-state index contributed by atoms with van der Waals surface area (Å²) in [5, 5.41) is 12.8. The van der Waals surface area contributed by atoms with Gasteiger partial charge in [-0.1, -0.05) is 59.6 Å². The molecule has 9 nitrogen and oxygen atoms in total. The lowest BCUT2D eigenvalue weighted by molar-refractivity contribution is -0.141. The Kier molecular flexibility index (Phi) is 8.46. The molecule has 256 valence electrons. The van der Waals surface area contributed by atoms with Gasteiger partial charge in [-0.15, -0.1) is 0 Å². The zero-order valence-corrected chi connectivity index (χ0v) is 28.4. The number of phenols is 1. The number of ether oxygens (including phenoxy) is 1. The number of rotatable bonds is 6. The fraction of sp³-hybridized carbons (Fsp3) is 0.250. The van der Waals surface area contributed by atoms with Crippen LogP contribution in [-0.2, 0) is 32.0 Å². The number of halogens is 5. The van der Waals surface area contributed by atoms with Crippen LogP contribution in [0.2, 0.25) is 5.02 Å². The van der Waals surface area contributed by atoms with Crippen molar-refractivity contribution in [3.63, 3.8) is 0 Å². The van der Waals surface area contributed by atoms with Crippen molar-refractivity contribution >= 4 is 56.7 Å². The van der Waals surface area contributed by atoms with Crippen LogP contribution in [0.25, 0.3) is 0 Å². The van der Waals surface area contributed by atoms with Gasteiger partial charge in [0.2, 0.25) is 0 Å². The lowest BCUT2D eigenvalue weighted by Gasteiger charge is -2.42. The number of ketones is 2. The van der Waals surface area contributed by atoms with E-state index < -0.39 is 64.7 Å². The van der Waals surface area contributed by atoms with Gasteiger partial charge < -0.3 is 9.84 Å². The molecule has 1 N–H and O–H groups in total. The molecule has 50 heavy (non-hydrogen) atoms. The molecular formula is C36H26BrClF3N3O6. The minimum atomic E-state index is -4.81. The van der Waals surface area contributed by atoms with Crippen LogP contribution in [0.3, 0.4) is 0 Å². The molecule has 0 unspecified atom stereocenters. The van der Waals surface area contributed by atoms with Crippen molar-refractivity contribution in [3.05, 3.63) is 116 Å². The van der Waals surface area contributed by atoms with Crippen molar-refractivity contribution in [1.29, 1.82) is 0 Å². The number of hydrogen-bond acceptors (Lipinski definition) is 8. The first-order valence-electron chi connectivity index (χ1n) is 15.5. The number of amides is 2. The number of phenolic OH excluding ortho intramolecular Hbond substituents is 1. The third kappa shape index (κ3) is 5.62. The van der Waals surface area contributed by atoms with Gasteiger partial charge in [-0.2, -0.15) is 18.2 Å². The Labute approximate surface area is 296 Å². The number of benzene rings is 2. The number of nitrogens with zero attached hydrogens (tertiary/aromatic N) is 3. The van der Waals surface area contributed by atoms with Crippen LogP contribution in [0.15, 0.2) is 94.0 Å². The molecule has 1 aliphatic heterocycles. The van der Waals surface area contributed by atoms with Gasteiger partial charge in [-0.3, -0.25) is 24.2 Å². The second-order valence-corrected chi connectivity index (χ2v) is 13.7. The van der Waals surface area contributed by atoms with Gasteiger partial charge in [0.1, 0.15) is 23.8 Å². The number of fused-ring (bicyclic) bond motifs is 3. The van der Waals surface area contributed by atoms with Crippen molar-refractivity contribution in [2.45, 2.75) is 31.5 Å². The summed E-state index contributed by atoms with van der Waals surface area (Å²) in [5.41, 5.74) is 0.847. The summed E-state index contributed by atoms with van der Waals surface area (Å²) in [4.78, 5) is 58.8. The highest BCUT2D eigenvalue weighted by molar-refractivity contribution is 9.12. The third-order valence-corrected chi connectivity index (χ3v) is 10.5. The molecule has 7 rings (SSSR count). The second kappa shape index (κ2) is 12.5. The van der Waals surface area contributed by atoms with Gasteiger partial charge in [-0.05, 0) is 58.5 Å². The number of Topliss-reactive ketones (excluding diaryl/α,β-unsaturated/α-hetero) is 1. The molecule has 0 radical (unpaired) electrons. The maximum atomic E-state index is 14.2. The Balaban J connectivity index is 1.26. The lowest BCUT2D eigenvalue weighted by Crippen LogP contribution is -2.46. The van der Waals surface area contributed by atoms with E-state index in [1.807, 2.05) is 30.3 Å². The van der Waals surface area contributed by atoms with Gasteiger partial charge in [0, 0.05) is 41.8 Å². The Hall–Kier alpha value is -4.75. The third-order valence-electron chi connectivity index (χ3n) is 9.59. The predicted molar refractivity (Wildman–Crippen MR) is 178 cm³/mol. The summed E-state index contributed by atoms with van der Waals surface area (Å²) >= 11 is 9.39. The molecule has 1 saturated heterocycles. The first-order valence-corrected chi connectivity index (χ1v) is 16.7. The van der Waals surface area contributed by atoms with Crippen LogP contribution in [-0.4, -0.2) is 45.5 Å². The number of carbonyl (C=O) groups excluding carboxylic acids is 4. The van der Waals surface area contributed by atoms with E-state index in [1.54, 1.807) is 18.2 Å². The molecule has 3 aliphatic carbocycles. The van der Waals surface area contributed by atoms with E-state index in [4.69, 9.17) is 16.3 Å². The first kappa shape index (κ1) is 33.7. The molecule has 1 aromatic heterocycles. The molecule has 2 heterocycles. The van der Waals surface area contributed by atoms with Crippen molar-refractivity contribution in [1.82, 2.24) is 9.99 Å². The molecule has 1 fully saturated rings. The summed E-state index contributed by atoms with van der Waals surface area (Å²) < 4.78 is 46.5. The summed E-state index contributed by atoms with van der Waals surface area (Å²) in [7, 11) is 1.23. The number of hydrogen-bond donors (Lipinski definition) is 1. The number of imide groups is 1. The van der Waals surface area contributed by atoms with Crippen LogP contribution in [0.5, 0.6) is 11.5 Å². The normalized spacial score (nSPS) is 23.3. The Bertz CT molecular complexity index is 2080. The summed E-state index contributed by atoms with van der Waals surface area (Å²) in [6.07, 6.45) is -1.85. The summed E-state index contributed by atoms with van der Waals surface area (Å²) in [5.74, 6) is -6.21. The fourth-order valence-electron chi connectivity index (χ4n) is 7.35. The topological polar surface area (TPSA) is 117 Å². The Morgan fingerprint density at radius 2 is 1.78 bits per heavy atom. The monoisotopic (exact) mass is 767 g/mol. The zero-order valence-electron chi connectivity index (χ0n) is 26.1. The van der Waals surface area contributed by atoms with Gasteiger partial charge >= 0.3 is 6.18 Å². The fourth-order valence-corrected chi connectivity index (χ4v) is 8.03. The van der Waals surface area contributed by atoms with Crippen molar-refractivity contribution < 1.29 is 42.2 Å². The van der Waals surface area contributed by atoms with Crippen molar-refractivity contribution in [2.75, 3.05) is 12.1 Å². The summed E-state index contributed by atoms with van der Waals surface area (Å²) in [6.45, 7) is 0.239. The minimum absolute atomic E-state index is 0.0362. The minimum Gasteiger partial charge on any atom is -0.507 e. The van der Waals surface area contributed by atoms with E-state index >= 15 is 0 Å². The molecular weight excluding hydrogens is 743 g/mol. The molecule has 4 aliphatic rings. The van der Waals surface area contributed by atoms with Gasteiger partial charge in [0.05, 0.1) is 21.3 Å². The van der Waals surface area contributed by atoms with E-state index in [0.717, 1.165) is 21.6 Å². The molecule has 2 aromatic carbocycles. The highest BCUT2D eigenvalue weighted by atomic mass is 79.9. The second-order valence-electron chi connectivity index (χ2n) is 12.4. The van der Waals surface area contributed by atoms with Gasteiger partial charge in [-0.25, -0.2) is 4.98 Å². The quantitative estimate of drug-likeness (QED) is 0.165. The average molecular weight is 769 g/mol. The van der Waals surface area contributed by atoms with E-state index in [2.05, 4.69) is 20.9 Å². The maximum absolute atomic E-state index is 14.2. The number of anilines is 1. The Morgan fingerprint density at radius 1 is 1.04 bits per heavy atom. The van der Waals surface area contributed by atoms with E-state index in [9.17, 15) is 37.5 Å². The zero-order chi connectivity index (χ0) is 35.6. The van der Waals surface area contributed by atoms with E-state index in [1.165, 1.54) is 19.2 Å². The predicted octanol–water partition coefficient (Wildman–Crippen LogP) is 6.85. The number of allylic oxidation sites excluding steroid dienone is 6. The van der Waals surface area contributed by atoms with Gasteiger partial charge in [0.15, 0.2) is 17.4 Å². The molecule has 3 aromatic rings. The number of carbonyl (C=O) groups is 4. The average Bonchev–Trinajstić information content (AvgIpc) is 3.34. The SMILES string of the molecule is CN(c1nc(C(F)(F)F)ccc1Cl)N1C(=O)[C@H]2[C@H](CC=C3[C@H](c4ccc(OCc5ccccc5)cc4O)C4=C(C[C@H]32)C(=O)C(Br)=CC4=O)C1=O. The molecule has 2 amide bonds. The van der Waals surface area contributed by atoms with Crippen LogP contribution in [0, 0.1) is 17.8 Å². The smallest absolute Gasteiger partial charge is 0.433 e. The number of hydrazine groups is 1. The highest BCUT2D eigenvalue weighted by Gasteiger charge is 2.58. The van der Waals surface area contributed by atoms with E-state index in [0.29, 0.717) is 23.0 Å². The van der Waals surface area contributed by atoms with Crippen LogP contribution in [0.4, 0.5) is 19.0 Å². The number of alkyl halides is 3. The summed E-state index contributed by atoms with van der Waals surface area (Å²) in [6, 6.07) is 15.8. The van der Waals surface area contributed by atoms with Crippen LogP contribution >= 0.6 is 27.5 Å². The van der Waals surface area contributed by atoms with E-state index in [-0.39, 0.29) is 45.8 Å². The van der Waals surface area contributed by atoms with Crippen molar-refractivity contribution in [2.24, 2.45) is 17.8 Å². The molecule has 4 atom stereocenters. The molecule has 0 spiro atoms. The van der Waals surface area contributed by atoms with Gasteiger partial charge in [0.25, 0.3) is 11.8 Å². The molecule has 0 saturated carbocycles. The molecule has 14 heteroatoms. The Morgan fingerprint density at radius 3 is 2.48 bits per heavy atom. The number of pyridine rings is 1. The lowest BCUT2D eigenvalue weighted by atomic mass is 9.59. The number of aromatic hydroxyl groups is 1. The van der Waals surface area contributed by atoms with Crippen LogP contribution < -0.4 is 9.75 Å². The maximum Gasteiger partial charge on any atom is 0.433 e. The largest absolute Gasteiger partial charge is 0.507 e. The number of aromatic nitrogens is 1. The van der Waals surface area contributed by atoms with Crippen LogP contribution in [0.1, 0.15) is 35.6 Å².